The third kappa shape index (κ3) is 1.99. The minimum atomic E-state index is -4.43. The Balaban J connectivity index is 2.01. The van der Waals surface area contributed by atoms with Gasteiger partial charge in [0.2, 0.25) is 5.76 Å². The van der Waals surface area contributed by atoms with Gasteiger partial charge in [0.05, 0.1) is 0 Å². The van der Waals surface area contributed by atoms with Gasteiger partial charge in [0.25, 0.3) is 0 Å². The average molecular weight is 255 g/mol. The molecule has 1 saturated heterocycles. The van der Waals surface area contributed by atoms with Crippen LogP contribution in [0.4, 0.5) is 13.2 Å². The van der Waals surface area contributed by atoms with Crippen LogP contribution in [-0.4, -0.2) is 6.54 Å². The second-order valence-corrected chi connectivity index (χ2v) is 4.55. The maximum Gasteiger partial charge on any atom is 0.449 e. The maximum atomic E-state index is 12.5. The highest BCUT2D eigenvalue weighted by molar-refractivity contribution is 5.79. The van der Waals surface area contributed by atoms with E-state index < -0.39 is 11.9 Å². The molecule has 0 bridgehead atoms. The predicted octanol–water partition coefficient (Wildman–Crippen LogP) is 3.88. The van der Waals surface area contributed by atoms with Gasteiger partial charge in [-0.25, -0.2) is 0 Å². The molecule has 1 atom stereocenters. The Bertz CT molecular complexity index is 567. The standard InChI is InChI=1S/C13H12F3NO/c14-13(15,16)12-7-9-6-8(3-4-11(9)18-12)10-2-1-5-17-10/h3-4,6-7,10,17H,1-2,5H2. The first-order chi connectivity index (χ1) is 8.54. The van der Waals surface area contributed by atoms with Gasteiger partial charge < -0.3 is 9.73 Å². The molecule has 1 aromatic heterocycles. The number of benzene rings is 1. The summed E-state index contributed by atoms with van der Waals surface area (Å²) < 4.78 is 42.4. The Morgan fingerprint density at radius 3 is 2.72 bits per heavy atom. The zero-order valence-electron chi connectivity index (χ0n) is 9.55. The highest BCUT2D eigenvalue weighted by Gasteiger charge is 2.35. The number of hydrogen-bond donors (Lipinski definition) is 1. The Hall–Kier alpha value is -1.49. The highest BCUT2D eigenvalue weighted by atomic mass is 19.4. The van der Waals surface area contributed by atoms with Gasteiger partial charge in [-0.15, -0.1) is 0 Å². The smallest absolute Gasteiger partial charge is 0.449 e. The first-order valence-corrected chi connectivity index (χ1v) is 5.88. The molecule has 2 heterocycles. The van der Waals surface area contributed by atoms with Crippen LogP contribution in [0.25, 0.3) is 11.0 Å². The van der Waals surface area contributed by atoms with Gasteiger partial charge in [0.15, 0.2) is 0 Å². The van der Waals surface area contributed by atoms with Crippen LogP contribution < -0.4 is 5.32 Å². The summed E-state index contributed by atoms with van der Waals surface area (Å²) in [4.78, 5) is 0. The van der Waals surface area contributed by atoms with Crippen LogP contribution in [0.1, 0.15) is 30.2 Å². The lowest BCUT2D eigenvalue weighted by atomic mass is 10.0. The minimum Gasteiger partial charge on any atom is -0.452 e. The van der Waals surface area contributed by atoms with Gasteiger partial charge in [0, 0.05) is 11.4 Å². The normalized spacial score (nSPS) is 20.7. The van der Waals surface area contributed by atoms with Crippen molar-refractivity contribution in [1.82, 2.24) is 5.32 Å². The second-order valence-electron chi connectivity index (χ2n) is 4.55. The lowest BCUT2D eigenvalue weighted by molar-refractivity contribution is -0.152. The number of alkyl halides is 3. The van der Waals surface area contributed by atoms with Gasteiger partial charge in [-0.3, -0.25) is 0 Å². The molecule has 0 radical (unpaired) electrons. The molecule has 2 aromatic rings. The summed E-state index contributed by atoms with van der Waals surface area (Å²) in [6, 6.07) is 6.53. The summed E-state index contributed by atoms with van der Waals surface area (Å²) in [6.45, 7) is 0.960. The molecule has 1 N–H and O–H groups in total. The maximum absolute atomic E-state index is 12.5. The summed E-state index contributed by atoms with van der Waals surface area (Å²) in [6.07, 6.45) is -2.30. The van der Waals surface area contributed by atoms with Crippen LogP contribution in [-0.2, 0) is 6.18 Å². The van der Waals surface area contributed by atoms with Crippen LogP contribution in [0.5, 0.6) is 0 Å². The highest BCUT2D eigenvalue weighted by Crippen LogP contribution is 2.35. The summed E-state index contributed by atoms with van der Waals surface area (Å²) >= 11 is 0. The van der Waals surface area contributed by atoms with Crippen molar-refractivity contribution < 1.29 is 17.6 Å². The summed E-state index contributed by atoms with van der Waals surface area (Å²) in [5.74, 6) is -0.936. The number of halogens is 3. The van der Waals surface area contributed by atoms with E-state index in [-0.39, 0.29) is 11.6 Å². The molecule has 1 aliphatic rings. The van der Waals surface area contributed by atoms with E-state index in [0.29, 0.717) is 5.39 Å². The van der Waals surface area contributed by atoms with Gasteiger partial charge >= 0.3 is 6.18 Å². The summed E-state index contributed by atoms with van der Waals surface area (Å²) in [5, 5.41) is 3.83. The Morgan fingerprint density at radius 2 is 2.06 bits per heavy atom. The van der Waals surface area contributed by atoms with Crippen molar-refractivity contribution in [2.75, 3.05) is 6.54 Å². The molecule has 0 amide bonds. The van der Waals surface area contributed by atoms with Crippen LogP contribution in [0.3, 0.4) is 0 Å². The van der Waals surface area contributed by atoms with Crippen molar-refractivity contribution in [3.63, 3.8) is 0 Å². The quantitative estimate of drug-likeness (QED) is 0.836. The third-order valence-corrected chi connectivity index (χ3v) is 3.28. The largest absolute Gasteiger partial charge is 0.452 e. The first-order valence-electron chi connectivity index (χ1n) is 5.88. The Labute approximate surface area is 102 Å². The monoisotopic (exact) mass is 255 g/mol. The van der Waals surface area contributed by atoms with Gasteiger partial charge in [-0.2, -0.15) is 13.2 Å². The number of fused-ring (bicyclic) bond motifs is 1. The molecule has 1 aromatic carbocycles. The molecule has 18 heavy (non-hydrogen) atoms. The van der Waals surface area contributed by atoms with Crippen molar-refractivity contribution in [3.05, 3.63) is 35.6 Å². The van der Waals surface area contributed by atoms with E-state index >= 15 is 0 Å². The van der Waals surface area contributed by atoms with Crippen molar-refractivity contribution in [1.29, 1.82) is 0 Å². The molecule has 0 spiro atoms. The Kier molecular flexibility index (Phi) is 2.59. The average Bonchev–Trinajstić information content (AvgIpc) is 2.96. The fourth-order valence-corrected chi connectivity index (χ4v) is 2.39. The molecule has 1 unspecified atom stereocenters. The lowest BCUT2D eigenvalue weighted by Gasteiger charge is -2.09. The molecule has 1 fully saturated rings. The number of hydrogen-bond acceptors (Lipinski definition) is 2. The van der Waals surface area contributed by atoms with Crippen molar-refractivity contribution in [3.8, 4) is 0 Å². The Morgan fingerprint density at radius 1 is 1.22 bits per heavy atom. The first kappa shape index (κ1) is 11.6. The van der Waals surface area contributed by atoms with E-state index in [0.717, 1.165) is 31.0 Å². The molecule has 1 aliphatic heterocycles. The zero-order chi connectivity index (χ0) is 12.8. The minimum absolute atomic E-state index is 0.249. The van der Waals surface area contributed by atoms with E-state index in [2.05, 4.69) is 5.32 Å². The van der Waals surface area contributed by atoms with Crippen molar-refractivity contribution in [2.45, 2.75) is 25.1 Å². The van der Waals surface area contributed by atoms with E-state index in [1.807, 2.05) is 6.07 Å². The summed E-state index contributed by atoms with van der Waals surface area (Å²) in [5.41, 5.74) is 1.30. The molecule has 0 aliphatic carbocycles. The fourth-order valence-electron chi connectivity index (χ4n) is 2.39. The number of nitrogens with one attached hydrogen (secondary N) is 1. The van der Waals surface area contributed by atoms with Gasteiger partial charge in [0.1, 0.15) is 5.58 Å². The van der Waals surface area contributed by atoms with E-state index in [1.165, 1.54) is 0 Å². The van der Waals surface area contributed by atoms with Crippen LogP contribution in [0, 0.1) is 0 Å². The summed E-state index contributed by atoms with van der Waals surface area (Å²) in [7, 11) is 0. The van der Waals surface area contributed by atoms with Crippen LogP contribution in [0.2, 0.25) is 0 Å². The van der Waals surface area contributed by atoms with Crippen LogP contribution >= 0.6 is 0 Å². The number of rotatable bonds is 1. The number of furan rings is 1. The molecule has 5 heteroatoms. The van der Waals surface area contributed by atoms with E-state index in [1.54, 1.807) is 12.1 Å². The van der Waals surface area contributed by atoms with Crippen molar-refractivity contribution >= 4 is 11.0 Å². The second kappa shape index (κ2) is 4.02. The van der Waals surface area contributed by atoms with Gasteiger partial charge in [-0.05, 0) is 43.1 Å². The SMILES string of the molecule is FC(F)(F)c1cc2cc(C3CCCN3)ccc2o1. The van der Waals surface area contributed by atoms with E-state index in [9.17, 15) is 13.2 Å². The van der Waals surface area contributed by atoms with Gasteiger partial charge in [-0.1, -0.05) is 6.07 Å². The lowest BCUT2D eigenvalue weighted by Crippen LogP contribution is -2.12. The third-order valence-electron chi connectivity index (χ3n) is 3.28. The molecule has 96 valence electrons. The fraction of sp³-hybridized carbons (Fsp3) is 0.385. The van der Waals surface area contributed by atoms with Crippen molar-refractivity contribution in [2.24, 2.45) is 0 Å². The topological polar surface area (TPSA) is 25.2 Å². The molecule has 2 nitrogen and oxygen atoms in total. The molecule has 0 saturated carbocycles. The predicted molar refractivity (Wildman–Crippen MR) is 61.2 cm³/mol. The molecular formula is C13H12F3NO. The zero-order valence-corrected chi connectivity index (χ0v) is 9.55. The molecule has 3 rings (SSSR count). The van der Waals surface area contributed by atoms with Crippen LogP contribution in [0.15, 0.2) is 28.7 Å². The molecular weight excluding hydrogens is 243 g/mol. The van der Waals surface area contributed by atoms with E-state index in [4.69, 9.17) is 4.42 Å².